The molecule has 0 aliphatic heterocycles. The third kappa shape index (κ3) is 2.74. The highest BCUT2D eigenvalue weighted by Crippen LogP contribution is 2.11. The summed E-state index contributed by atoms with van der Waals surface area (Å²) in [6, 6.07) is 0. The third-order valence-corrected chi connectivity index (χ3v) is 1.79. The van der Waals surface area contributed by atoms with Gasteiger partial charge in [-0.2, -0.15) is 0 Å². The number of nitrogens with zero attached hydrogens (tertiary/aromatic N) is 1. The molecule has 0 spiro atoms. The summed E-state index contributed by atoms with van der Waals surface area (Å²) in [6.07, 6.45) is 6.48. The van der Waals surface area contributed by atoms with Crippen molar-refractivity contribution in [2.45, 2.75) is 32.6 Å². The predicted octanol–water partition coefficient (Wildman–Crippen LogP) is 1.86. The van der Waals surface area contributed by atoms with Gasteiger partial charge in [0.25, 0.3) is 0 Å². The van der Waals surface area contributed by atoms with Gasteiger partial charge in [0.1, 0.15) is 0 Å². The highest BCUT2D eigenvalue weighted by Gasteiger charge is 2.04. The van der Waals surface area contributed by atoms with Gasteiger partial charge in [-0.05, 0) is 31.8 Å². The zero-order valence-electron chi connectivity index (χ0n) is 7.14. The van der Waals surface area contributed by atoms with Crippen LogP contribution in [0.1, 0.15) is 32.6 Å². The fourth-order valence-electron chi connectivity index (χ4n) is 1.21. The van der Waals surface area contributed by atoms with Crippen LogP contribution in [0, 0.1) is 0 Å². The highest BCUT2D eigenvalue weighted by molar-refractivity contribution is 5.96. The van der Waals surface area contributed by atoms with Crippen molar-refractivity contribution < 1.29 is 0 Å². The molecule has 1 aliphatic rings. The summed E-state index contributed by atoms with van der Waals surface area (Å²) in [7, 11) is 0. The molecular formula is C9H16N2. The van der Waals surface area contributed by atoms with E-state index in [2.05, 4.69) is 11.9 Å². The van der Waals surface area contributed by atoms with Crippen molar-refractivity contribution in [3.05, 3.63) is 11.8 Å². The number of allylic oxidation sites excluding steroid dienone is 2. The second-order valence-electron chi connectivity index (χ2n) is 2.95. The van der Waals surface area contributed by atoms with Crippen LogP contribution in [0.25, 0.3) is 0 Å². The lowest BCUT2D eigenvalue weighted by atomic mass is 10.0. The second kappa shape index (κ2) is 4.16. The summed E-state index contributed by atoms with van der Waals surface area (Å²) >= 11 is 0. The van der Waals surface area contributed by atoms with E-state index in [1.165, 1.54) is 12.1 Å². The maximum absolute atomic E-state index is 5.68. The lowest BCUT2D eigenvalue weighted by Crippen LogP contribution is -2.09. The smallest absolute Gasteiger partial charge is 0.0389 e. The summed E-state index contributed by atoms with van der Waals surface area (Å²) in [6.45, 7) is 3.08. The van der Waals surface area contributed by atoms with Gasteiger partial charge in [-0.3, -0.25) is 4.99 Å². The minimum Gasteiger partial charge on any atom is -0.402 e. The predicted molar refractivity (Wildman–Crippen MR) is 48.7 cm³/mol. The van der Waals surface area contributed by atoms with Crippen molar-refractivity contribution in [1.82, 2.24) is 0 Å². The van der Waals surface area contributed by atoms with E-state index in [9.17, 15) is 0 Å². The largest absolute Gasteiger partial charge is 0.402 e. The lowest BCUT2D eigenvalue weighted by Gasteiger charge is -2.09. The Bertz CT molecular complexity index is 180. The number of nitrogens with two attached hydrogens (primary N) is 1. The molecule has 0 aromatic heterocycles. The number of rotatable bonds is 2. The Morgan fingerprint density at radius 1 is 1.55 bits per heavy atom. The number of hydrogen-bond acceptors (Lipinski definition) is 2. The molecular weight excluding hydrogens is 136 g/mol. The Balaban J connectivity index is 2.51. The summed E-state index contributed by atoms with van der Waals surface area (Å²) in [5.74, 6) is 0. The van der Waals surface area contributed by atoms with Crippen LogP contribution < -0.4 is 5.73 Å². The SMILES string of the molecule is CCC/N=C1/C=C(N)CCC1. The van der Waals surface area contributed by atoms with Gasteiger partial charge in [-0.1, -0.05) is 6.92 Å². The molecule has 0 fully saturated rings. The van der Waals surface area contributed by atoms with Gasteiger partial charge in [-0.15, -0.1) is 0 Å². The first kappa shape index (κ1) is 8.31. The molecule has 0 radical (unpaired) electrons. The van der Waals surface area contributed by atoms with Gasteiger partial charge in [0.15, 0.2) is 0 Å². The lowest BCUT2D eigenvalue weighted by molar-refractivity contribution is 0.816. The molecule has 2 nitrogen and oxygen atoms in total. The van der Waals surface area contributed by atoms with Crippen molar-refractivity contribution in [2.75, 3.05) is 6.54 Å². The van der Waals surface area contributed by atoms with Crippen LogP contribution in [0.5, 0.6) is 0 Å². The molecule has 62 valence electrons. The molecule has 0 saturated heterocycles. The van der Waals surface area contributed by atoms with E-state index in [0.717, 1.165) is 31.5 Å². The highest BCUT2D eigenvalue weighted by atomic mass is 14.7. The number of aliphatic imine (C=N–C) groups is 1. The van der Waals surface area contributed by atoms with Crippen LogP contribution in [0.15, 0.2) is 16.8 Å². The number of hydrogen-bond donors (Lipinski definition) is 1. The van der Waals surface area contributed by atoms with Gasteiger partial charge in [-0.25, -0.2) is 0 Å². The zero-order chi connectivity index (χ0) is 8.10. The van der Waals surface area contributed by atoms with Crippen molar-refractivity contribution in [3.8, 4) is 0 Å². The first-order valence-corrected chi connectivity index (χ1v) is 4.32. The van der Waals surface area contributed by atoms with Gasteiger partial charge in [0, 0.05) is 18.0 Å². The first-order chi connectivity index (χ1) is 5.33. The van der Waals surface area contributed by atoms with Gasteiger partial charge >= 0.3 is 0 Å². The Morgan fingerprint density at radius 2 is 2.36 bits per heavy atom. The van der Waals surface area contributed by atoms with Crippen LogP contribution in [-0.2, 0) is 0 Å². The Labute approximate surface area is 68.2 Å². The van der Waals surface area contributed by atoms with E-state index in [1.807, 2.05) is 6.08 Å². The molecule has 0 bridgehead atoms. The van der Waals surface area contributed by atoms with E-state index in [-0.39, 0.29) is 0 Å². The summed E-state index contributed by atoms with van der Waals surface area (Å²) < 4.78 is 0. The molecule has 0 aromatic carbocycles. The molecule has 2 heteroatoms. The fourth-order valence-corrected chi connectivity index (χ4v) is 1.21. The van der Waals surface area contributed by atoms with Gasteiger partial charge in [0.2, 0.25) is 0 Å². The quantitative estimate of drug-likeness (QED) is 0.644. The van der Waals surface area contributed by atoms with Gasteiger partial charge < -0.3 is 5.73 Å². The van der Waals surface area contributed by atoms with Crippen LogP contribution in [0.2, 0.25) is 0 Å². The molecule has 1 aliphatic carbocycles. The maximum Gasteiger partial charge on any atom is 0.0389 e. The molecule has 0 atom stereocenters. The van der Waals surface area contributed by atoms with E-state index in [4.69, 9.17) is 5.73 Å². The maximum atomic E-state index is 5.68. The standard InChI is InChI=1S/C9H16N2/c1-2-6-11-9-5-3-4-8(10)7-9/h7H,2-6,10H2,1H3/b11-9+. The Hall–Kier alpha value is -0.790. The minimum absolute atomic E-state index is 0.944. The summed E-state index contributed by atoms with van der Waals surface area (Å²) in [4.78, 5) is 4.41. The molecule has 0 saturated carbocycles. The normalized spacial score (nSPS) is 21.9. The van der Waals surface area contributed by atoms with Crippen LogP contribution >= 0.6 is 0 Å². The van der Waals surface area contributed by atoms with E-state index >= 15 is 0 Å². The molecule has 0 unspecified atom stereocenters. The third-order valence-electron chi connectivity index (χ3n) is 1.79. The minimum atomic E-state index is 0.944. The molecule has 0 aromatic rings. The van der Waals surface area contributed by atoms with E-state index < -0.39 is 0 Å². The van der Waals surface area contributed by atoms with Crippen molar-refractivity contribution in [3.63, 3.8) is 0 Å². The van der Waals surface area contributed by atoms with Crippen LogP contribution in [0.3, 0.4) is 0 Å². The second-order valence-corrected chi connectivity index (χ2v) is 2.95. The zero-order valence-corrected chi connectivity index (χ0v) is 7.14. The van der Waals surface area contributed by atoms with Gasteiger partial charge in [0.05, 0.1) is 0 Å². The van der Waals surface area contributed by atoms with Crippen molar-refractivity contribution >= 4 is 5.71 Å². The monoisotopic (exact) mass is 152 g/mol. The molecule has 11 heavy (non-hydrogen) atoms. The average molecular weight is 152 g/mol. The molecule has 0 heterocycles. The summed E-state index contributed by atoms with van der Waals surface area (Å²) in [5, 5.41) is 0. The van der Waals surface area contributed by atoms with Crippen molar-refractivity contribution in [1.29, 1.82) is 0 Å². The van der Waals surface area contributed by atoms with Crippen molar-refractivity contribution in [2.24, 2.45) is 10.7 Å². The summed E-state index contributed by atoms with van der Waals surface area (Å²) in [5.41, 5.74) is 7.86. The van der Waals surface area contributed by atoms with Crippen LogP contribution in [-0.4, -0.2) is 12.3 Å². The Morgan fingerprint density at radius 3 is 3.00 bits per heavy atom. The van der Waals surface area contributed by atoms with E-state index in [1.54, 1.807) is 0 Å². The first-order valence-electron chi connectivity index (χ1n) is 4.32. The molecule has 2 N–H and O–H groups in total. The van der Waals surface area contributed by atoms with E-state index in [0.29, 0.717) is 0 Å². The van der Waals surface area contributed by atoms with Crippen LogP contribution in [0.4, 0.5) is 0 Å². The average Bonchev–Trinajstić information content (AvgIpc) is 2.01. The fraction of sp³-hybridized carbons (Fsp3) is 0.667. The Kier molecular flexibility index (Phi) is 3.14. The molecule has 1 rings (SSSR count). The topological polar surface area (TPSA) is 38.4 Å². The molecule has 0 amide bonds.